The van der Waals surface area contributed by atoms with Crippen molar-refractivity contribution < 1.29 is 22.7 Å². The van der Waals surface area contributed by atoms with Gasteiger partial charge in [0.05, 0.1) is 41.1 Å². The Labute approximate surface area is 214 Å². The van der Waals surface area contributed by atoms with E-state index in [0.29, 0.717) is 27.1 Å². The fraction of sp³-hybridized carbons (Fsp3) is 0.167. The molecule has 35 heavy (non-hydrogen) atoms. The second-order valence-electron chi connectivity index (χ2n) is 7.29. The Bertz CT molecular complexity index is 1330. The first kappa shape index (κ1) is 26.3. The van der Waals surface area contributed by atoms with Crippen molar-refractivity contribution in [1.82, 2.24) is 5.43 Å². The second kappa shape index (κ2) is 11.4. The number of benzene rings is 3. The molecule has 0 aliphatic rings. The summed E-state index contributed by atoms with van der Waals surface area (Å²) in [5, 5.41) is 4.58. The van der Waals surface area contributed by atoms with Crippen LogP contribution in [0.25, 0.3) is 0 Å². The number of amides is 1. The van der Waals surface area contributed by atoms with Gasteiger partial charge in [0.2, 0.25) is 0 Å². The molecule has 11 heteroatoms. The molecule has 0 atom stereocenters. The van der Waals surface area contributed by atoms with Crippen molar-refractivity contribution in [2.45, 2.75) is 11.8 Å². The van der Waals surface area contributed by atoms with E-state index < -0.39 is 22.5 Å². The minimum absolute atomic E-state index is 0.0250. The van der Waals surface area contributed by atoms with E-state index in [2.05, 4.69) is 10.5 Å². The molecular formula is C24H23Cl2N3O5S. The Morgan fingerprint density at radius 3 is 2.23 bits per heavy atom. The summed E-state index contributed by atoms with van der Waals surface area (Å²) in [6.45, 7) is 1.29. The third-order valence-corrected chi connectivity index (χ3v) is 7.38. The summed E-state index contributed by atoms with van der Waals surface area (Å²) in [6, 6.07) is 15.8. The van der Waals surface area contributed by atoms with E-state index in [1.807, 2.05) is 6.92 Å². The molecule has 1 amide bonds. The van der Waals surface area contributed by atoms with Crippen molar-refractivity contribution in [2.75, 3.05) is 25.1 Å². The van der Waals surface area contributed by atoms with Gasteiger partial charge < -0.3 is 9.47 Å². The molecule has 184 valence electrons. The summed E-state index contributed by atoms with van der Waals surface area (Å²) in [5.74, 6) is 0.0328. The van der Waals surface area contributed by atoms with Crippen LogP contribution >= 0.6 is 23.2 Å². The van der Waals surface area contributed by atoms with E-state index in [0.717, 1.165) is 9.87 Å². The van der Waals surface area contributed by atoms with E-state index in [1.165, 1.54) is 44.7 Å². The lowest BCUT2D eigenvalue weighted by Crippen LogP contribution is -2.39. The predicted octanol–water partition coefficient (Wildman–Crippen LogP) is 4.66. The van der Waals surface area contributed by atoms with Gasteiger partial charge in [-0.25, -0.2) is 13.8 Å². The normalized spacial score (nSPS) is 11.3. The number of halogens is 2. The van der Waals surface area contributed by atoms with Gasteiger partial charge in [-0.3, -0.25) is 9.10 Å². The van der Waals surface area contributed by atoms with Crippen LogP contribution in [0.5, 0.6) is 11.5 Å². The number of hydrogen-bond donors (Lipinski definition) is 1. The van der Waals surface area contributed by atoms with Crippen LogP contribution in [0.4, 0.5) is 5.69 Å². The van der Waals surface area contributed by atoms with Gasteiger partial charge in [-0.15, -0.1) is 0 Å². The Morgan fingerprint density at radius 1 is 1.00 bits per heavy atom. The van der Waals surface area contributed by atoms with Crippen LogP contribution in [-0.4, -0.2) is 41.3 Å². The van der Waals surface area contributed by atoms with Crippen molar-refractivity contribution in [3.8, 4) is 11.5 Å². The number of nitrogens with zero attached hydrogens (tertiary/aromatic N) is 2. The summed E-state index contributed by atoms with van der Waals surface area (Å²) >= 11 is 12.2. The number of anilines is 1. The number of nitrogens with one attached hydrogen (secondary N) is 1. The SMILES string of the molecule is COc1ccc(N(CC(=O)N/N=C\c2c(Cl)cccc2Cl)S(=O)(=O)c2ccc(C)cc2)cc1OC. The van der Waals surface area contributed by atoms with Crippen LogP contribution in [0.15, 0.2) is 70.7 Å². The summed E-state index contributed by atoms with van der Waals surface area (Å²) in [4.78, 5) is 12.8. The Morgan fingerprint density at radius 2 is 1.63 bits per heavy atom. The standard InChI is InChI=1S/C24H23Cl2N3O5S/c1-16-7-10-18(11-8-16)35(31,32)29(17-9-12-22(33-2)23(13-17)34-3)15-24(30)28-27-14-19-20(25)5-4-6-21(19)26/h4-14H,15H2,1-3H3,(H,28,30)/b27-14-. The fourth-order valence-corrected chi connectivity index (χ4v) is 5.01. The first-order valence-electron chi connectivity index (χ1n) is 10.2. The molecule has 0 aromatic heterocycles. The van der Waals surface area contributed by atoms with Crippen LogP contribution in [-0.2, 0) is 14.8 Å². The van der Waals surface area contributed by atoms with Gasteiger partial charge >= 0.3 is 0 Å². The number of ether oxygens (including phenoxy) is 2. The molecule has 3 rings (SSSR count). The van der Waals surface area contributed by atoms with Crippen LogP contribution < -0.4 is 19.2 Å². The number of sulfonamides is 1. The van der Waals surface area contributed by atoms with Crippen molar-refractivity contribution >= 4 is 51.0 Å². The van der Waals surface area contributed by atoms with Crippen LogP contribution in [0.1, 0.15) is 11.1 Å². The molecular weight excluding hydrogens is 513 g/mol. The molecule has 3 aromatic carbocycles. The van der Waals surface area contributed by atoms with Crippen molar-refractivity contribution in [1.29, 1.82) is 0 Å². The van der Waals surface area contributed by atoms with Gasteiger partial charge in [0, 0.05) is 11.6 Å². The molecule has 0 unspecified atom stereocenters. The maximum atomic E-state index is 13.5. The van der Waals surface area contributed by atoms with Gasteiger partial charge in [-0.2, -0.15) is 5.10 Å². The zero-order valence-electron chi connectivity index (χ0n) is 19.2. The van der Waals surface area contributed by atoms with Gasteiger partial charge in [-0.05, 0) is 43.3 Å². The topological polar surface area (TPSA) is 97.3 Å². The Balaban J connectivity index is 1.93. The largest absolute Gasteiger partial charge is 0.493 e. The van der Waals surface area contributed by atoms with Crippen LogP contribution in [0.2, 0.25) is 10.0 Å². The molecule has 0 heterocycles. The van der Waals surface area contributed by atoms with E-state index in [1.54, 1.807) is 36.4 Å². The molecule has 0 fully saturated rings. The molecule has 0 saturated carbocycles. The molecule has 0 bridgehead atoms. The average Bonchev–Trinajstić information content (AvgIpc) is 2.84. The first-order chi connectivity index (χ1) is 16.7. The lowest BCUT2D eigenvalue weighted by molar-refractivity contribution is -0.119. The Hall–Kier alpha value is -3.27. The lowest BCUT2D eigenvalue weighted by atomic mass is 10.2. The monoisotopic (exact) mass is 535 g/mol. The van der Waals surface area contributed by atoms with Gasteiger partial charge in [-0.1, -0.05) is 47.0 Å². The predicted molar refractivity (Wildman–Crippen MR) is 137 cm³/mol. The quantitative estimate of drug-likeness (QED) is 0.317. The second-order valence-corrected chi connectivity index (χ2v) is 9.97. The average molecular weight is 536 g/mol. The molecule has 8 nitrogen and oxygen atoms in total. The maximum absolute atomic E-state index is 13.5. The van der Waals surface area contributed by atoms with E-state index >= 15 is 0 Å². The van der Waals surface area contributed by atoms with Crippen LogP contribution in [0.3, 0.4) is 0 Å². The third-order valence-electron chi connectivity index (χ3n) is 4.93. The molecule has 0 saturated heterocycles. The fourth-order valence-electron chi connectivity index (χ4n) is 3.10. The molecule has 0 radical (unpaired) electrons. The van der Waals surface area contributed by atoms with Crippen molar-refractivity contribution in [3.63, 3.8) is 0 Å². The summed E-state index contributed by atoms with van der Waals surface area (Å²) in [7, 11) is -1.22. The molecule has 3 aromatic rings. The smallest absolute Gasteiger partial charge is 0.264 e. The summed E-state index contributed by atoms with van der Waals surface area (Å²) < 4.78 is 38.5. The number of methoxy groups -OCH3 is 2. The highest BCUT2D eigenvalue weighted by atomic mass is 35.5. The van der Waals surface area contributed by atoms with Crippen LogP contribution in [0, 0.1) is 6.92 Å². The zero-order chi connectivity index (χ0) is 25.6. The minimum Gasteiger partial charge on any atom is -0.493 e. The van der Waals surface area contributed by atoms with Gasteiger partial charge in [0.15, 0.2) is 11.5 Å². The Kier molecular flexibility index (Phi) is 8.61. The minimum atomic E-state index is -4.12. The third kappa shape index (κ3) is 6.25. The summed E-state index contributed by atoms with van der Waals surface area (Å²) in [5.41, 5.74) is 3.84. The number of rotatable bonds is 9. The number of hydrogen-bond acceptors (Lipinski definition) is 6. The van der Waals surface area contributed by atoms with E-state index in [9.17, 15) is 13.2 Å². The number of aryl methyl sites for hydroxylation is 1. The molecule has 0 aliphatic carbocycles. The molecule has 0 aliphatic heterocycles. The highest BCUT2D eigenvalue weighted by molar-refractivity contribution is 7.92. The number of hydrazone groups is 1. The highest BCUT2D eigenvalue weighted by Crippen LogP contribution is 2.33. The summed E-state index contributed by atoms with van der Waals surface area (Å²) in [6.07, 6.45) is 1.29. The van der Waals surface area contributed by atoms with E-state index in [-0.39, 0.29) is 10.6 Å². The number of carbonyl (C=O) groups is 1. The van der Waals surface area contributed by atoms with Crippen molar-refractivity contribution in [3.05, 3.63) is 81.8 Å². The number of carbonyl (C=O) groups excluding carboxylic acids is 1. The van der Waals surface area contributed by atoms with Crippen molar-refractivity contribution in [2.24, 2.45) is 5.10 Å². The molecule has 1 N–H and O–H groups in total. The highest BCUT2D eigenvalue weighted by Gasteiger charge is 2.28. The maximum Gasteiger partial charge on any atom is 0.264 e. The van der Waals surface area contributed by atoms with E-state index in [4.69, 9.17) is 32.7 Å². The first-order valence-corrected chi connectivity index (χ1v) is 12.4. The van der Waals surface area contributed by atoms with Gasteiger partial charge in [0.1, 0.15) is 6.54 Å². The zero-order valence-corrected chi connectivity index (χ0v) is 21.5. The lowest BCUT2D eigenvalue weighted by Gasteiger charge is -2.24. The molecule has 0 spiro atoms. The van der Waals surface area contributed by atoms with Gasteiger partial charge in [0.25, 0.3) is 15.9 Å².